The molecule has 1 saturated heterocycles. The van der Waals surface area contributed by atoms with E-state index in [0.717, 1.165) is 0 Å². The van der Waals surface area contributed by atoms with Crippen molar-refractivity contribution in [2.75, 3.05) is 26.4 Å². The molecule has 0 unspecified atom stereocenters. The van der Waals surface area contributed by atoms with Gasteiger partial charge in [0, 0.05) is 43.5 Å². The zero-order valence-corrected chi connectivity index (χ0v) is 17.8. The molecule has 1 aliphatic heterocycles. The van der Waals surface area contributed by atoms with Gasteiger partial charge in [0.05, 0.1) is 44.0 Å². The van der Waals surface area contributed by atoms with E-state index in [0.29, 0.717) is 0 Å². The van der Waals surface area contributed by atoms with Crippen molar-refractivity contribution >= 4 is 17.9 Å². The Morgan fingerprint density at radius 3 is 1.97 bits per heavy atom. The molecule has 3 rings (SSSR count). The highest BCUT2D eigenvalue weighted by Gasteiger charge is 2.38. The molecule has 11 nitrogen and oxygen atoms in total. The van der Waals surface area contributed by atoms with Crippen LogP contribution in [0.1, 0.15) is 40.0 Å². The molecule has 11 heteroatoms. The van der Waals surface area contributed by atoms with Gasteiger partial charge in [-0.25, -0.2) is 9.59 Å². The molecule has 0 aliphatic carbocycles. The first-order valence-corrected chi connectivity index (χ1v) is 10.3. The van der Waals surface area contributed by atoms with Gasteiger partial charge in [-0.3, -0.25) is 14.8 Å². The van der Waals surface area contributed by atoms with E-state index >= 15 is 0 Å². The Balaban J connectivity index is 1.62. The van der Waals surface area contributed by atoms with Crippen LogP contribution >= 0.6 is 0 Å². The van der Waals surface area contributed by atoms with Gasteiger partial charge in [-0.15, -0.1) is 4.91 Å². The molecule has 0 saturated carbocycles. The van der Waals surface area contributed by atoms with E-state index in [4.69, 9.17) is 18.9 Å². The monoisotopic (exact) mass is 457 g/mol. The number of hydrogen-bond acceptors (Lipinski definition) is 11. The van der Waals surface area contributed by atoms with Crippen LogP contribution in [-0.4, -0.2) is 60.0 Å². The number of aromatic nitrogens is 2. The minimum absolute atomic E-state index is 0.152. The van der Waals surface area contributed by atoms with Crippen molar-refractivity contribution in [3.8, 4) is 0 Å². The molecule has 0 aromatic carbocycles. The lowest BCUT2D eigenvalue weighted by Crippen LogP contribution is -2.39. The van der Waals surface area contributed by atoms with Crippen LogP contribution in [0.15, 0.2) is 54.2 Å². The SMILES string of the molecule is O=NC1(OC(=O)CC(COC(=O)c2cccnc2)COC(=O)c2cccnc2)CCOCC1. The largest absolute Gasteiger partial charge is 0.462 e. The van der Waals surface area contributed by atoms with Crippen molar-refractivity contribution < 1.29 is 33.3 Å². The summed E-state index contributed by atoms with van der Waals surface area (Å²) in [5.74, 6) is -2.73. The van der Waals surface area contributed by atoms with Crippen LogP contribution < -0.4 is 0 Å². The van der Waals surface area contributed by atoms with Gasteiger partial charge in [0.15, 0.2) is 0 Å². The topological polar surface area (TPSA) is 143 Å². The number of esters is 3. The van der Waals surface area contributed by atoms with E-state index < -0.39 is 29.6 Å². The molecule has 2 aromatic heterocycles. The maximum atomic E-state index is 12.6. The van der Waals surface area contributed by atoms with Gasteiger partial charge in [-0.1, -0.05) is 0 Å². The highest BCUT2D eigenvalue weighted by molar-refractivity contribution is 5.89. The number of carbonyl (C=O) groups excluding carboxylic acids is 3. The van der Waals surface area contributed by atoms with E-state index in [1.165, 1.54) is 36.9 Å². The highest BCUT2D eigenvalue weighted by atomic mass is 16.6. The average Bonchev–Trinajstić information content (AvgIpc) is 2.86. The van der Waals surface area contributed by atoms with E-state index in [2.05, 4.69) is 15.1 Å². The number of rotatable bonds is 10. The van der Waals surface area contributed by atoms with Gasteiger partial charge in [-0.2, -0.15) is 0 Å². The molecule has 0 bridgehead atoms. The maximum absolute atomic E-state index is 12.6. The zero-order chi connectivity index (χ0) is 23.5. The molecule has 0 atom stereocenters. The summed E-state index contributed by atoms with van der Waals surface area (Å²) in [6.07, 6.45) is 5.76. The van der Waals surface area contributed by atoms with Crippen LogP contribution in [-0.2, 0) is 23.7 Å². The summed E-state index contributed by atoms with van der Waals surface area (Å²) in [7, 11) is 0. The minimum Gasteiger partial charge on any atom is -0.462 e. The Morgan fingerprint density at radius 1 is 0.970 bits per heavy atom. The third-order valence-electron chi connectivity index (χ3n) is 4.89. The average molecular weight is 457 g/mol. The lowest BCUT2D eigenvalue weighted by molar-refractivity contribution is -0.170. The fourth-order valence-corrected chi connectivity index (χ4v) is 3.08. The minimum atomic E-state index is -1.49. The second kappa shape index (κ2) is 11.8. The third kappa shape index (κ3) is 7.14. The third-order valence-corrected chi connectivity index (χ3v) is 4.89. The molecule has 0 N–H and O–H groups in total. The Kier molecular flexibility index (Phi) is 8.53. The molecule has 0 radical (unpaired) electrons. The number of carbonyl (C=O) groups is 3. The molecule has 0 amide bonds. The quantitative estimate of drug-likeness (QED) is 0.296. The lowest BCUT2D eigenvalue weighted by Gasteiger charge is -2.30. The van der Waals surface area contributed by atoms with Crippen LogP contribution in [0.4, 0.5) is 0 Å². The van der Waals surface area contributed by atoms with E-state index in [1.54, 1.807) is 12.1 Å². The van der Waals surface area contributed by atoms with Gasteiger partial charge in [-0.05, 0) is 29.4 Å². The van der Waals surface area contributed by atoms with Gasteiger partial charge in [0.1, 0.15) is 0 Å². The van der Waals surface area contributed by atoms with Crippen LogP contribution in [0.3, 0.4) is 0 Å². The summed E-state index contributed by atoms with van der Waals surface area (Å²) < 4.78 is 21.1. The highest BCUT2D eigenvalue weighted by Crippen LogP contribution is 2.27. The predicted molar refractivity (Wildman–Crippen MR) is 112 cm³/mol. The molecular weight excluding hydrogens is 434 g/mol. The Labute approximate surface area is 189 Å². The van der Waals surface area contributed by atoms with Gasteiger partial charge in [0.25, 0.3) is 0 Å². The maximum Gasteiger partial charge on any atom is 0.339 e. The van der Waals surface area contributed by atoms with Gasteiger partial charge >= 0.3 is 17.9 Å². The van der Waals surface area contributed by atoms with Crippen molar-refractivity contribution in [1.29, 1.82) is 0 Å². The summed E-state index contributed by atoms with van der Waals surface area (Å²) >= 11 is 0. The molecular formula is C22H23N3O8. The fourth-order valence-electron chi connectivity index (χ4n) is 3.08. The van der Waals surface area contributed by atoms with Crippen molar-refractivity contribution in [3.63, 3.8) is 0 Å². The van der Waals surface area contributed by atoms with Crippen LogP contribution in [0.5, 0.6) is 0 Å². The summed E-state index contributed by atoms with van der Waals surface area (Å²) in [5.41, 5.74) is -1.02. The van der Waals surface area contributed by atoms with Gasteiger partial charge in [0.2, 0.25) is 5.72 Å². The first-order valence-electron chi connectivity index (χ1n) is 10.3. The molecule has 174 valence electrons. The number of pyridine rings is 2. The van der Waals surface area contributed by atoms with Crippen LogP contribution in [0.2, 0.25) is 0 Å². The Hall–Kier alpha value is -3.73. The summed E-state index contributed by atoms with van der Waals surface area (Å²) in [5, 5.41) is 3.00. The number of ether oxygens (including phenoxy) is 4. The Bertz CT molecular complexity index is 893. The van der Waals surface area contributed by atoms with Crippen LogP contribution in [0, 0.1) is 10.8 Å². The Morgan fingerprint density at radius 2 is 1.52 bits per heavy atom. The molecule has 33 heavy (non-hydrogen) atoms. The molecule has 3 heterocycles. The second-order valence-corrected chi connectivity index (χ2v) is 7.37. The van der Waals surface area contributed by atoms with E-state index in [9.17, 15) is 19.3 Å². The first-order chi connectivity index (χ1) is 16.0. The van der Waals surface area contributed by atoms with Crippen molar-refractivity contribution in [2.24, 2.45) is 11.1 Å². The molecule has 1 fully saturated rings. The number of nitrogens with zero attached hydrogens (tertiary/aromatic N) is 3. The number of hydrogen-bond donors (Lipinski definition) is 0. The summed E-state index contributed by atoms with van der Waals surface area (Å²) in [6, 6.07) is 6.24. The molecule has 0 spiro atoms. The fraction of sp³-hybridized carbons (Fsp3) is 0.409. The predicted octanol–water partition coefficient (Wildman–Crippen LogP) is 2.31. The molecule has 2 aromatic rings. The number of nitroso groups, excluding NO2 is 1. The van der Waals surface area contributed by atoms with Crippen molar-refractivity contribution in [3.05, 3.63) is 65.1 Å². The summed E-state index contributed by atoms with van der Waals surface area (Å²) in [6.45, 7) is 0.0311. The second-order valence-electron chi connectivity index (χ2n) is 7.37. The zero-order valence-electron chi connectivity index (χ0n) is 17.8. The van der Waals surface area contributed by atoms with Gasteiger partial charge < -0.3 is 18.9 Å². The normalized spacial score (nSPS) is 14.8. The standard InChI is InChI=1S/C22H23N3O8/c26-19(33-22(25-29)5-9-30-10-6-22)11-16(14-31-20(27)17-3-1-7-23-12-17)15-32-21(28)18-4-2-8-24-13-18/h1-4,7-8,12-13,16H,5-6,9-11,14-15H2. The van der Waals surface area contributed by atoms with Crippen molar-refractivity contribution in [1.82, 2.24) is 9.97 Å². The van der Waals surface area contributed by atoms with E-state index in [1.807, 2.05) is 0 Å². The summed E-state index contributed by atoms with van der Waals surface area (Å²) in [4.78, 5) is 56.1. The lowest BCUT2D eigenvalue weighted by atomic mass is 10.0. The van der Waals surface area contributed by atoms with E-state index in [-0.39, 0.29) is 56.8 Å². The first kappa shape index (κ1) is 23.9. The smallest absolute Gasteiger partial charge is 0.339 e. The van der Waals surface area contributed by atoms with Crippen molar-refractivity contribution in [2.45, 2.75) is 25.0 Å². The molecule has 1 aliphatic rings. The van der Waals surface area contributed by atoms with Crippen LogP contribution in [0.25, 0.3) is 0 Å².